The van der Waals surface area contributed by atoms with Crippen LogP contribution in [0.3, 0.4) is 0 Å². The summed E-state index contributed by atoms with van der Waals surface area (Å²) >= 11 is 0. The van der Waals surface area contributed by atoms with Crippen molar-refractivity contribution < 1.29 is 9.26 Å². The Morgan fingerprint density at radius 3 is 2.50 bits per heavy atom. The lowest BCUT2D eigenvalue weighted by atomic mass is 9.73. The highest BCUT2D eigenvalue weighted by atomic mass is 16.5. The summed E-state index contributed by atoms with van der Waals surface area (Å²) in [6, 6.07) is -0.0684. The Labute approximate surface area is 120 Å². The minimum atomic E-state index is -0.334. The normalized spacial score (nSPS) is 34.5. The van der Waals surface area contributed by atoms with Gasteiger partial charge in [-0.3, -0.25) is 0 Å². The van der Waals surface area contributed by atoms with Gasteiger partial charge in [0, 0.05) is 12.0 Å². The summed E-state index contributed by atoms with van der Waals surface area (Å²) in [7, 11) is 0. The molecule has 20 heavy (non-hydrogen) atoms. The Morgan fingerprint density at radius 2 is 1.90 bits per heavy atom. The van der Waals surface area contributed by atoms with Crippen LogP contribution in [-0.2, 0) is 10.2 Å². The van der Waals surface area contributed by atoms with Crippen molar-refractivity contribution in [3.05, 3.63) is 11.7 Å². The molecule has 0 spiro atoms. The van der Waals surface area contributed by atoms with Crippen molar-refractivity contribution in [1.29, 1.82) is 0 Å². The van der Waals surface area contributed by atoms with Crippen molar-refractivity contribution in [2.45, 2.75) is 63.8 Å². The first-order chi connectivity index (χ1) is 9.41. The van der Waals surface area contributed by atoms with E-state index in [-0.39, 0.29) is 11.5 Å². The Balaban J connectivity index is 1.74. The molecule has 1 saturated carbocycles. The van der Waals surface area contributed by atoms with Crippen LogP contribution in [0.1, 0.15) is 64.1 Å². The zero-order chi connectivity index (χ0) is 14.4. The van der Waals surface area contributed by atoms with Crippen molar-refractivity contribution in [3.63, 3.8) is 0 Å². The molecule has 1 aliphatic heterocycles. The molecular weight excluding hydrogens is 254 g/mol. The van der Waals surface area contributed by atoms with Crippen molar-refractivity contribution >= 4 is 0 Å². The Kier molecular flexibility index (Phi) is 3.37. The molecule has 112 valence electrons. The monoisotopic (exact) mass is 279 g/mol. The van der Waals surface area contributed by atoms with Crippen molar-refractivity contribution in [2.75, 3.05) is 13.2 Å². The van der Waals surface area contributed by atoms with Gasteiger partial charge in [0.2, 0.25) is 5.89 Å². The zero-order valence-electron chi connectivity index (χ0n) is 12.7. The van der Waals surface area contributed by atoms with Gasteiger partial charge in [0.05, 0.1) is 18.6 Å². The maximum absolute atomic E-state index is 6.12. The third kappa shape index (κ3) is 2.37. The average Bonchev–Trinajstić information content (AvgIpc) is 2.99. The molecule has 0 amide bonds. The second kappa shape index (κ2) is 4.81. The predicted molar refractivity (Wildman–Crippen MR) is 75.4 cm³/mol. The molecule has 1 saturated heterocycles. The molecule has 2 fully saturated rings. The third-order valence-corrected chi connectivity index (χ3v) is 5.15. The fourth-order valence-corrected chi connectivity index (χ4v) is 3.20. The van der Waals surface area contributed by atoms with Gasteiger partial charge in [-0.1, -0.05) is 19.0 Å². The second-order valence-electron chi connectivity index (χ2n) is 7.44. The molecule has 0 aromatic carbocycles. The Morgan fingerprint density at radius 1 is 1.20 bits per heavy atom. The van der Waals surface area contributed by atoms with Gasteiger partial charge >= 0.3 is 0 Å². The number of hydrogen-bond donors (Lipinski definition) is 1. The molecule has 5 nitrogen and oxygen atoms in total. The number of rotatable bonds is 2. The molecule has 5 heteroatoms. The van der Waals surface area contributed by atoms with E-state index in [0.717, 1.165) is 18.7 Å². The maximum atomic E-state index is 6.12. The fourth-order valence-electron chi connectivity index (χ4n) is 3.20. The minimum Gasteiger partial charge on any atom is -0.379 e. The van der Waals surface area contributed by atoms with E-state index < -0.39 is 0 Å². The molecule has 1 aliphatic carbocycles. The van der Waals surface area contributed by atoms with E-state index in [4.69, 9.17) is 15.0 Å². The van der Waals surface area contributed by atoms with E-state index in [1.807, 2.05) is 6.92 Å². The van der Waals surface area contributed by atoms with E-state index in [0.29, 0.717) is 30.4 Å². The number of ether oxygens (including phenoxy) is 1. The first kappa shape index (κ1) is 14.0. The van der Waals surface area contributed by atoms with Crippen LogP contribution in [0.2, 0.25) is 0 Å². The summed E-state index contributed by atoms with van der Waals surface area (Å²) in [6.07, 6.45) is 4.74. The zero-order valence-corrected chi connectivity index (χ0v) is 12.7. The molecular formula is C15H25N3O2. The van der Waals surface area contributed by atoms with Gasteiger partial charge in [-0.15, -0.1) is 0 Å². The van der Waals surface area contributed by atoms with Crippen LogP contribution >= 0.6 is 0 Å². The van der Waals surface area contributed by atoms with Gasteiger partial charge in [0.1, 0.15) is 0 Å². The first-order valence-electron chi connectivity index (χ1n) is 7.58. The lowest BCUT2D eigenvalue weighted by molar-refractivity contribution is 0.169. The van der Waals surface area contributed by atoms with E-state index in [2.05, 4.69) is 24.0 Å². The van der Waals surface area contributed by atoms with Crippen molar-refractivity contribution in [1.82, 2.24) is 10.1 Å². The largest absolute Gasteiger partial charge is 0.379 e. The van der Waals surface area contributed by atoms with Crippen molar-refractivity contribution in [3.8, 4) is 0 Å². The Bertz CT molecular complexity index is 475. The summed E-state index contributed by atoms with van der Waals surface area (Å²) in [5.41, 5.74) is 6.24. The maximum Gasteiger partial charge on any atom is 0.236 e. The number of aromatic nitrogens is 2. The Hall–Kier alpha value is -0.940. The number of nitrogens with zero attached hydrogens (tertiary/aromatic N) is 2. The van der Waals surface area contributed by atoms with Gasteiger partial charge in [-0.05, 0) is 38.0 Å². The highest BCUT2D eigenvalue weighted by molar-refractivity contribution is 5.13. The van der Waals surface area contributed by atoms with Gasteiger partial charge in [0.15, 0.2) is 5.82 Å². The summed E-state index contributed by atoms with van der Waals surface area (Å²) < 4.78 is 11.0. The summed E-state index contributed by atoms with van der Waals surface area (Å²) in [5, 5.41) is 4.21. The molecule has 2 atom stereocenters. The molecule has 3 rings (SSSR count). The lowest BCUT2D eigenvalue weighted by Crippen LogP contribution is -2.42. The lowest BCUT2D eigenvalue weighted by Gasteiger charge is -2.32. The van der Waals surface area contributed by atoms with Crippen LogP contribution in [0.4, 0.5) is 0 Å². The molecule has 2 N–H and O–H groups in total. The van der Waals surface area contributed by atoms with Crippen LogP contribution in [0.25, 0.3) is 0 Å². The van der Waals surface area contributed by atoms with Crippen LogP contribution < -0.4 is 5.73 Å². The summed E-state index contributed by atoms with van der Waals surface area (Å²) in [6.45, 7) is 7.84. The SMILES string of the molecule is CC1(C)CCC(c2noc(C3(C)COCC3N)n2)CC1. The molecule has 1 aromatic heterocycles. The van der Waals surface area contributed by atoms with E-state index in [1.54, 1.807) is 0 Å². The van der Waals surface area contributed by atoms with E-state index in [1.165, 1.54) is 12.8 Å². The molecule has 2 unspecified atom stereocenters. The van der Waals surface area contributed by atoms with Crippen LogP contribution in [0, 0.1) is 5.41 Å². The van der Waals surface area contributed by atoms with E-state index in [9.17, 15) is 0 Å². The van der Waals surface area contributed by atoms with Gasteiger partial charge in [-0.25, -0.2) is 0 Å². The molecule has 2 heterocycles. The first-order valence-corrected chi connectivity index (χ1v) is 7.58. The molecule has 0 bridgehead atoms. The van der Waals surface area contributed by atoms with Crippen LogP contribution in [0.5, 0.6) is 0 Å². The molecule has 0 radical (unpaired) electrons. The fraction of sp³-hybridized carbons (Fsp3) is 0.867. The van der Waals surface area contributed by atoms with Crippen LogP contribution in [-0.4, -0.2) is 29.4 Å². The highest BCUT2D eigenvalue weighted by Crippen LogP contribution is 2.42. The number of hydrogen-bond acceptors (Lipinski definition) is 5. The summed E-state index contributed by atoms with van der Waals surface area (Å²) in [4.78, 5) is 4.65. The standard InChI is InChI=1S/C15H25N3O2/c1-14(2)6-4-10(5-7-14)12-17-13(20-18-12)15(3)9-19-8-11(15)16/h10-11H,4-9,16H2,1-3H3. The number of nitrogens with two attached hydrogens (primary N) is 1. The molecule has 2 aliphatic rings. The van der Waals surface area contributed by atoms with E-state index >= 15 is 0 Å². The van der Waals surface area contributed by atoms with Gasteiger partial charge in [-0.2, -0.15) is 4.98 Å². The predicted octanol–water partition coefficient (Wildman–Crippen LogP) is 2.37. The summed E-state index contributed by atoms with van der Waals surface area (Å²) in [5.74, 6) is 1.93. The topological polar surface area (TPSA) is 74.2 Å². The molecule has 1 aromatic rings. The van der Waals surface area contributed by atoms with Gasteiger partial charge in [0.25, 0.3) is 0 Å². The smallest absolute Gasteiger partial charge is 0.236 e. The second-order valence-corrected chi connectivity index (χ2v) is 7.44. The van der Waals surface area contributed by atoms with Crippen LogP contribution in [0.15, 0.2) is 4.52 Å². The minimum absolute atomic E-state index is 0.0684. The highest BCUT2D eigenvalue weighted by Gasteiger charge is 2.44. The third-order valence-electron chi connectivity index (χ3n) is 5.15. The van der Waals surface area contributed by atoms with Crippen molar-refractivity contribution in [2.24, 2.45) is 11.1 Å². The van der Waals surface area contributed by atoms with Gasteiger partial charge < -0.3 is 15.0 Å². The quantitative estimate of drug-likeness (QED) is 0.899. The average molecular weight is 279 g/mol.